The molecule has 0 saturated heterocycles. The predicted octanol–water partition coefficient (Wildman–Crippen LogP) is 4.41. The van der Waals surface area contributed by atoms with E-state index in [9.17, 15) is 4.39 Å². The van der Waals surface area contributed by atoms with Gasteiger partial charge in [0.15, 0.2) is 11.0 Å². The minimum Gasteiger partial charge on any atom is -0.275 e. The molecule has 4 rings (SSSR count). The van der Waals surface area contributed by atoms with E-state index in [1.807, 2.05) is 61.1 Å². The Hall–Kier alpha value is -2.93. The van der Waals surface area contributed by atoms with Crippen molar-refractivity contribution in [1.29, 1.82) is 0 Å². The first kappa shape index (κ1) is 17.5. The standard InChI is InChI=1S/C20H18FN5S/c1-14-17(12-25(2)24-14)19-22-23-20(26(19)16-9-4-3-5-10-16)27-13-15-8-6-7-11-18(15)21/h3-12H,13H2,1-2H3. The van der Waals surface area contributed by atoms with Gasteiger partial charge >= 0.3 is 0 Å². The number of para-hydroxylation sites is 1. The summed E-state index contributed by atoms with van der Waals surface area (Å²) in [6.45, 7) is 1.95. The molecule has 7 heteroatoms. The molecular formula is C20H18FN5S. The molecule has 2 heterocycles. The third-order valence-electron chi connectivity index (χ3n) is 4.22. The van der Waals surface area contributed by atoms with E-state index in [0.717, 1.165) is 22.8 Å². The van der Waals surface area contributed by atoms with Crippen LogP contribution in [0.5, 0.6) is 0 Å². The Morgan fingerprint density at radius 3 is 2.44 bits per heavy atom. The van der Waals surface area contributed by atoms with Gasteiger partial charge in [-0.15, -0.1) is 10.2 Å². The lowest BCUT2D eigenvalue weighted by atomic mass is 10.2. The van der Waals surface area contributed by atoms with E-state index in [4.69, 9.17) is 0 Å². The summed E-state index contributed by atoms with van der Waals surface area (Å²) < 4.78 is 17.7. The van der Waals surface area contributed by atoms with Crippen LogP contribution in [-0.4, -0.2) is 24.5 Å². The van der Waals surface area contributed by atoms with E-state index in [-0.39, 0.29) is 5.82 Å². The molecule has 5 nitrogen and oxygen atoms in total. The topological polar surface area (TPSA) is 48.5 Å². The molecule has 0 amide bonds. The highest BCUT2D eigenvalue weighted by Gasteiger charge is 2.19. The van der Waals surface area contributed by atoms with Crippen molar-refractivity contribution in [2.75, 3.05) is 0 Å². The Morgan fingerprint density at radius 1 is 1.00 bits per heavy atom. The Balaban J connectivity index is 1.76. The number of benzene rings is 2. The van der Waals surface area contributed by atoms with Gasteiger partial charge in [0, 0.05) is 24.7 Å². The van der Waals surface area contributed by atoms with Gasteiger partial charge in [0.05, 0.1) is 11.3 Å². The maximum absolute atomic E-state index is 14.0. The number of thioether (sulfide) groups is 1. The van der Waals surface area contributed by atoms with Crippen LogP contribution < -0.4 is 0 Å². The molecular weight excluding hydrogens is 361 g/mol. The third-order valence-corrected chi connectivity index (χ3v) is 5.19. The maximum atomic E-state index is 14.0. The smallest absolute Gasteiger partial charge is 0.196 e. The van der Waals surface area contributed by atoms with Gasteiger partial charge in [0.25, 0.3) is 0 Å². The summed E-state index contributed by atoms with van der Waals surface area (Å²) in [5.74, 6) is 0.992. The van der Waals surface area contributed by atoms with Crippen LogP contribution in [0.25, 0.3) is 17.1 Å². The molecule has 2 aromatic carbocycles. The van der Waals surface area contributed by atoms with E-state index in [2.05, 4.69) is 15.3 Å². The third kappa shape index (κ3) is 3.50. The summed E-state index contributed by atoms with van der Waals surface area (Å²) >= 11 is 1.46. The fourth-order valence-corrected chi connectivity index (χ4v) is 3.86. The summed E-state index contributed by atoms with van der Waals surface area (Å²) in [5, 5.41) is 13.9. The zero-order chi connectivity index (χ0) is 18.8. The van der Waals surface area contributed by atoms with Gasteiger partial charge < -0.3 is 0 Å². The summed E-state index contributed by atoms with van der Waals surface area (Å²) in [6, 6.07) is 16.7. The van der Waals surface area contributed by atoms with E-state index in [0.29, 0.717) is 16.5 Å². The summed E-state index contributed by atoms with van der Waals surface area (Å²) in [6.07, 6.45) is 1.93. The van der Waals surface area contributed by atoms with Gasteiger partial charge in [0.2, 0.25) is 0 Å². The van der Waals surface area contributed by atoms with Crippen molar-refractivity contribution in [2.45, 2.75) is 17.8 Å². The fraction of sp³-hybridized carbons (Fsp3) is 0.150. The maximum Gasteiger partial charge on any atom is 0.196 e. The van der Waals surface area contributed by atoms with Crippen LogP contribution in [0.4, 0.5) is 4.39 Å². The first-order valence-electron chi connectivity index (χ1n) is 8.51. The molecule has 4 aromatic rings. The highest BCUT2D eigenvalue weighted by molar-refractivity contribution is 7.98. The Morgan fingerprint density at radius 2 is 1.74 bits per heavy atom. The molecule has 0 spiro atoms. The first-order chi connectivity index (χ1) is 13.1. The zero-order valence-corrected chi connectivity index (χ0v) is 15.8. The molecule has 0 aliphatic rings. The molecule has 0 fully saturated rings. The van der Waals surface area contributed by atoms with Gasteiger partial charge in [-0.1, -0.05) is 48.2 Å². The number of rotatable bonds is 5. The molecule has 0 atom stereocenters. The van der Waals surface area contributed by atoms with Crippen molar-refractivity contribution in [1.82, 2.24) is 24.5 Å². The lowest BCUT2D eigenvalue weighted by molar-refractivity contribution is 0.617. The van der Waals surface area contributed by atoms with Gasteiger partial charge in [-0.3, -0.25) is 9.25 Å². The van der Waals surface area contributed by atoms with Crippen LogP contribution in [0.3, 0.4) is 0 Å². The van der Waals surface area contributed by atoms with Crippen molar-refractivity contribution in [3.8, 4) is 17.1 Å². The second kappa shape index (κ2) is 7.36. The van der Waals surface area contributed by atoms with Gasteiger partial charge in [-0.2, -0.15) is 5.10 Å². The highest BCUT2D eigenvalue weighted by atomic mass is 32.2. The van der Waals surface area contributed by atoms with Gasteiger partial charge in [-0.25, -0.2) is 4.39 Å². The van der Waals surface area contributed by atoms with Crippen molar-refractivity contribution in [3.63, 3.8) is 0 Å². The number of hydrogen-bond donors (Lipinski definition) is 0. The minimum atomic E-state index is -0.209. The Kier molecular flexibility index (Phi) is 4.77. The van der Waals surface area contributed by atoms with Crippen LogP contribution in [0, 0.1) is 12.7 Å². The van der Waals surface area contributed by atoms with E-state index in [1.54, 1.807) is 16.8 Å². The highest BCUT2D eigenvalue weighted by Crippen LogP contribution is 2.31. The quantitative estimate of drug-likeness (QED) is 0.482. The number of aromatic nitrogens is 5. The lowest BCUT2D eigenvalue weighted by Crippen LogP contribution is -2.00. The molecule has 0 aliphatic carbocycles. The average molecular weight is 379 g/mol. The number of hydrogen-bond acceptors (Lipinski definition) is 4. The van der Waals surface area contributed by atoms with Gasteiger partial charge in [0.1, 0.15) is 5.82 Å². The lowest BCUT2D eigenvalue weighted by Gasteiger charge is -2.10. The zero-order valence-electron chi connectivity index (χ0n) is 15.0. The largest absolute Gasteiger partial charge is 0.275 e. The number of halogens is 1. The minimum absolute atomic E-state index is 0.209. The normalized spacial score (nSPS) is 11.1. The van der Waals surface area contributed by atoms with Crippen molar-refractivity contribution in [3.05, 3.63) is 77.9 Å². The van der Waals surface area contributed by atoms with Crippen LogP contribution in [-0.2, 0) is 12.8 Å². The monoisotopic (exact) mass is 379 g/mol. The van der Waals surface area contributed by atoms with Gasteiger partial charge in [-0.05, 0) is 30.7 Å². The molecule has 0 bridgehead atoms. The number of nitrogens with zero attached hydrogens (tertiary/aromatic N) is 5. The summed E-state index contributed by atoms with van der Waals surface area (Å²) in [5.41, 5.74) is 3.40. The SMILES string of the molecule is Cc1nn(C)cc1-c1nnc(SCc2ccccc2F)n1-c1ccccc1. The molecule has 0 radical (unpaired) electrons. The van der Waals surface area contributed by atoms with Crippen LogP contribution in [0.2, 0.25) is 0 Å². The van der Waals surface area contributed by atoms with Crippen molar-refractivity contribution >= 4 is 11.8 Å². The van der Waals surface area contributed by atoms with E-state index >= 15 is 0 Å². The van der Waals surface area contributed by atoms with Crippen LogP contribution in [0.1, 0.15) is 11.3 Å². The first-order valence-corrected chi connectivity index (χ1v) is 9.49. The fourth-order valence-electron chi connectivity index (χ4n) is 2.92. The molecule has 0 aliphatic heterocycles. The van der Waals surface area contributed by atoms with E-state index < -0.39 is 0 Å². The van der Waals surface area contributed by atoms with Crippen LogP contribution >= 0.6 is 11.8 Å². The molecule has 2 aromatic heterocycles. The van der Waals surface area contributed by atoms with Crippen molar-refractivity contribution in [2.24, 2.45) is 7.05 Å². The van der Waals surface area contributed by atoms with Crippen LogP contribution in [0.15, 0.2) is 66.0 Å². The second-order valence-corrected chi connectivity index (χ2v) is 7.10. The molecule has 0 unspecified atom stereocenters. The van der Waals surface area contributed by atoms with Crippen molar-refractivity contribution < 1.29 is 4.39 Å². The summed E-state index contributed by atoms with van der Waals surface area (Å²) in [7, 11) is 1.88. The Labute approximate surface area is 160 Å². The average Bonchev–Trinajstić information content (AvgIpc) is 3.24. The predicted molar refractivity (Wildman–Crippen MR) is 104 cm³/mol. The molecule has 136 valence electrons. The molecule has 0 saturated carbocycles. The molecule has 27 heavy (non-hydrogen) atoms. The number of aryl methyl sites for hydroxylation is 2. The van der Waals surface area contributed by atoms with E-state index in [1.165, 1.54) is 17.8 Å². The molecule has 0 N–H and O–H groups in total. The summed E-state index contributed by atoms with van der Waals surface area (Å²) in [4.78, 5) is 0. The Bertz CT molecular complexity index is 1070. The second-order valence-electron chi connectivity index (χ2n) is 6.16.